The van der Waals surface area contributed by atoms with Crippen LogP contribution in [0.5, 0.6) is 0 Å². The van der Waals surface area contributed by atoms with Gasteiger partial charge in [-0.2, -0.15) is 4.98 Å². The molecule has 0 bridgehead atoms. The second-order valence-electron chi connectivity index (χ2n) is 4.19. The van der Waals surface area contributed by atoms with Gasteiger partial charge in [0.15, 0.2) is 5.82 Å². The monoisotopic (exact) mass is 224 g/mol. The Hall–Kier alpha value is -1.43. The van der Waals surface area contributed by atoms with Crippen LogP contribution in [0.4, 0.5) is 0 Å². The first kappa shape index (κ1) is 11.1. The van der Waals surface area contributed by atoms with Gasteiger partial charge in [-0.3, -0.25) is 9.69 Å². The van der Waals surface area contributed by atoms with Gasteiger partial charge in [0.2, 0.25) is 11.8 Å². The van der Waals surface area contributed by atoms with Crippen molar-refractivity contribution in [3.63, 3.8) is 0 Å². The molecule has 0 unspecified atom stereocenters. The normalized spacial score (nSPS) is 18.8. The van der Waals surface area contributed by atoms with Crippen LogP contribution in [0.1, 0.15) is 30.5 Å². The van der Waals surface area contributed by atoms with E-state index in [-0.39, 0.29) is 5.91 Å². The van der Waals surface area contributed by atoms with Crippen molar-refractivity contribution in [2.75, 3.05) is 19.6 Å². The molecule has 1 aromatic heterocycles. The van der Waals surface area contributed by atoms with Crippen molar-refractivity contribution in [2.24, 2.45) is 5.73 Å². The zero-order valence-electron chi connectivity index (χ0n) is 9.35. The first-order valence-electron chi connectivity index (χ1n) is 5.46. The van der Waals surface area contributed by atoms with Crippen molar-refractivity contribution in [3.05, 3.63) is 11.7 Å². The Morgan fingerprint density at radius 2 is 2.25 bits per heavy atom. The average molecular weight is 224 g/mol. The number of aryl methyl sites for hydroxylation is 1. The van der Waals surface area contributed by atoms with Gasteiger partial charge in [0.05, 0.1) is 6.54 Å². The molecule has 1 aliphatic rings. The van der Waals surface area contributed by atoms with Gasteiger partial charge in [0.1, 0.15) is 0 Å². The highest BCUT2D eigenvalue weighted by atomic mass is 16.5. The molecule has 1 saturated heterocycles. The van der Waals surface area contributed by atoms with Crippen LogP contribution in [-0.2, 0) is 4.79 Å². The number of aromatic nitrogens is 2. The largest absolute Gasteiger partial charge is 0.369 e. The lowest BCUT2D eigenvalue weighted by atomic mass is 9.96. The maximum Gasteiger partial charge on any atom is 0.231 e. The van der Waals surface area contributed by atoms with Crippen LogP contribution in [-0.4, -0.2) is 40.6 Å². The second kappa shape index (κ2) is 4.61. The third kappa shape index (κ3) is 2.57. The standard InChI is InChI=1S/C10H16N4O2/c1-7-12-10(13-16-7)8-2-4-14(5-3-8)6-9(11)15/h8H,2-6H2,1H3,(H2,11,15). The molecule has 6 heteroatoms. The molecule has 16 heavy (non-hydrogen) atoms. The molecule has 1 fully saturated rings. The van der Waals surface area contributed by atoms with Crippen molar-refractivity contribution in [1.82, 2.24) is 15.0 Å². The van der Waals surface area contributed by atoms with E-state index in [2.05, 4.69) is 15.0 Å². The molecular weight excluding hydrogens is 208 g/mol. The number of nitrogens with two attached hydrogens (primary N) is 1. The van der Waals surface area contributed by atoms with E-state index in [9.17, 15) is 4.79 Å². The summed E-state index contributed by atoms with van der Waals surface area (Å²) in [7, 11) is 0. The van der Waals surface area contributed by atoms with Crippen LogP contribution in [0.25, 0.3) is 0 Å². The predicted molar refractivity (Wildman–Crippen MR) is 56.6 cm³/mol. The predicted octanol–water partition coefficient (Wildman–Crippen LogP) is 0.0427. The fraction of sp³-hybridized carbons (Fsp3) is 0.700. The molecule has 88 valence electrons. The topological polar surface area (TPSA) is 85.3 Å². The lowest BCUT2D eigenvalue weighted by molar-refractivity contribution is -0.119. The SMILES string of the molecule is Cc1nc(C2CCN(CC(N)=O)CC2)no1. The molecule has 0 aromatic carbocycles. The van der Waals surface area contributed by atoms with Crippen LogP contribution in [0.3, 0.4) is 0 Å². The highest BCUT2D eigenvalue weighted by Crippen LogP contribution is 2.25. The van der Waals surface area contributed by atoms with Gasteiger partial charge in [-0.1, -0.05) is 5.16 Å². The van der Waals surface area contributed by atoms with Crippen LogP contribution < -0.4 is 5.73 Å². The van der Waals surface area contributed by atoms with Gasteiger partial charge in [0, 0.05) is 12.8 Å². The number of primary amides is 1. The summed E-state index contributed by atoms with van der Waals surface area (Å²) in [5.74, 6) is 1.47. The molecule has 0 aliphatic carbocycles. The maximum atomic E-state index is 10.8. The van der Waals surface area contributed by atoms with Gasteiger partial charge < -0.3 is 10.3 Å². The minimum atomic E-state index is -0.270. The smallest absolute Gasteiger partial charge is 0.231 e. The number of likely N-dealkylation sites (tertiary alicyclic amines) is 1. The Kier molecular flexibility index (Phi) is 3.19. The van der Waals surface area contributed by atoms with Gasteiger partial charge in [-0.15, -0.1) is 0 Å². The Balaban J connectivity index is 1.87. The van der Waals surface area contributed by atoms with Gasteiger partial charge in [0.25, 0.3) is 0 Å². The lowest BCUT2D eigenvalue weighted by Crippen LogP contribution is -2.39. The number of hydrogen-bond donors (Lipinski definition) is 1. The molecule has 1 aromatic rings. The molecule has 6 nitrogen and oxygen atoms in total. The fourth-order valence-electron chi connectivity index (χ4n) is 2.05. The van der Waals surface area contributed by atoms with Crippen molar-refractivity contribution in [1.29, 1.82) is 0 Å². The minimum absolute atomic E-state index is 0.270. The summed E-state index contributed by atoms with van der Waals surface area (Å²) in [6.45, 7) is 3.86. The number of piperidine rings is 1. The van der Waals surface area contributed by atoms with E-state index in [1.807, 2.05) is 0 Å². The van der Waals surface area contributed by atoms with Gasteiger partial charge >= 0.3 is 0 Å². The van der Waals surface area contributed by atoms with E-state index >= 15 is 0 Å². The summed E-state index contributed by atoms with van der Waals surface area (Å²) >= 11 is 0. The Bertz CT molecular complexity index is 369. The van der Waals surface area contributed by atoms with E-state index in [0.29, 0.717) is 18.4 Å². The molecule has 0 radical (unpaired) electrons. The zero-order chi connectivity index (χ0) is 11.5. The number of hydrogen-bond acceptors (Lipinski definition) is 5. The lowest BCUT2D eigenvalue weighted by Gasteiger charge is -2.29. The maximum absolute atomic E-state index is 10.8. The zero-order valence-corrected chi connectivity index (χ0v) is 9.35. The van der Waals surface area contributed by atoms with Crippen molar-refractivity contribution in [2.45, 2.75) is 25.7 Å². The van der Waals surface area contributed by atoms with E-state index in [1.165, 1.54) is 0 Å². The quantitative estimate of drug-likeness (QED) is 0.783. The van der Waals surface area contributed by atoms with E-state index in [1.54, 1.807) is 6.92 Å². The van der Waals surface area contributed by atoms with Crippen LogP contribution in [0, 0.1) is 6.92 Å². The first-order valence-corrected chi connectivity index (χ1v) is 5.46. The number of nitrogens with zero attached hydrogens (tertiary/aromatic N) is 3. The fourth-order valence-corrected chi connectivity index (χ4v) is 2.05. The molecule has 1 aliphatic heterocycles. The summed E-state index contributed by atoms with van der Waals surface area (Å²) in [5, 5.41) is 3.93. The molecule has 1 amide bonds. The molecule has 2 N–H and O–H groups in total. The Morgan fingerprint density at radius 3 is 2.75 bits per heavy atom. The van der Waals surface area contributed by atoms with Crippen LogP contribution >= 0.6 is 0 Å². The molecule has 0 atom stereocenters. The highest BCUT2D eigenvalue weighted by molar-refractivity contribution is 5.75. The van der Waals surface area contributed by atoms with Gasteiger partial charge in [-0.25, -0.2) is 0 Å². The summed E-state index contributed by atoms with van der Waals surface area (Å²) < 4.78 is 4.96. The van der Waals surface area contributed by atoms with Gasteiger partial charge in [-0.05, 0) is 25.9 Å². The molecule has 2 rings (SSSR count). The third-order valence-corrected chi connectivity index (χ3v) is 2.88. The van der Waals surface area contributed by atoms with Crippen molar-refractivity contribution < 1.29 is 9.32 Å². The van der Waals surface area contributed by atoms with Crippen molar-refractivity contribution in [3.8, 4) is 0 Å². The third-order valence-electron chi connectivity index (χ3n) is 2.88. The van der Waals surface area contributed by atoms with Crippen LogP contribution in [0.2, 0.25) is 0 Å². The first-order chi connectivity index (χ1) is 7.65. The second-order valence-corrected chi connectivity index (χ2v) is 4.19. The summed E-state index contributed by atoms with van der Waals surface area (Å²) in [6.07, 6.45) is 1.90. The molecule has 0 saturated carbocycles. The Labute approximate surface area is 93.8 Å². The van der Waals surface area contributed by atoms with E-state index < -0.39 is 0 Å². The molecule has 2 heterocycles. The minimum Gasteiger partial charge on any atom is -0.369 e. The molecule has 0 spiro atoms. The number of carbonyl (C=O) groups is 1. The number of amides is 1. The van der Waals surface area contributed by atoms with E-state index in [4.69, 9.17) is 10.3 Å². The Morgan fingerprint density at radius 1 is 1.56 bits per heavy atom. The summed E-state index contributed by atoms with van der Waals surface area (Å²) in [4.78, 5) is 17.1. The highest BCUT2D eigenvalue weighted by Gasteiger charge is 2.24. The van der Waals surface area contributed by atoms with Crippen molar-refractivity contribution >= 4 is 5.91 Å². The summed E-state index contributed by atoms with van der Waals surface area (Å²) in [6, 6.07) is 0. The number of rotatable bonds is 3. The summed E-state index contributed by atoms with van der Waals surface area (Å²) in [5.41, 5.74) is 5.15. The van der Waals surface area contributed by atoms with E-state index in [0.717, 1.165) is 31.8 Å². The number of carbonyl (C=O) groups excluding carboxylic acids is 1. The molecular formula is C10H16N4O2. The average Bonchev–Trinajstić information content (AvgIpc) is 2.65. The van der Waals surface area contributed by atoms with Crippen LogP contribution in [0.15, 0.2) is 4.52 Å².